The highest BCUT2D eigenvalue weighted by molar-refractivity contribution is 6.14. The van der Waals surface area contributed by atoms with E-state index in [4.69, 9.17) is 9.15 Å². The molecule has 210 valence electrons. The fourth-order valence-corrected chi connectivity index (χ4v) is 6.36. The van der Waals surface area contributed by atoms with Crippen molar-refractivity contribution in [3.63, 3.8) is 0 Å². The largest absolute Gasteiger partial charge is 0.495 e. The van der Waals surface area contributed by atoms with E-state index >= 15 is 0 Å². The van der Waals surface area contributed by atoms with Crippen LogP contribution in [0.5, 0.6) is 5.75 Å². The van der Waals surface area contributed by atoms with Crippen LogP contribution in [0.4, 0.5) is 17.1 Å². The Morgan fingerprint density at radius 3 is 2.05 bits per heavy atom. The van der Waals surface area contributed by atoms with Gasteiger partial charge in [0.2, 0.25) is 0 Å². The Bertz CT molecular complexity index is 2280. The van der Waals surface area contributed by atoms with Gasteiger partial charge in [0.1, 0.15) is 16.9 Å². The lowest BCUT2D eigenvalue weighted by atomic mass is 9.92. The van der Waals surface area contributed by atoms with Crippen LogP contribution < -0.4 is 9.64 Å². The van der Waals surface area contributed by atoms with E-state index in [1.54, 1.807) is 7.11 Å². The Kier molecular flexibility index (Phi) is 6.35. The fraction of sp³-hybridized carbons (Fsp3) is 0.0244. The minimum atomic E-state index is 0.785. The lowest BCUT2D eigenvalue weighted by Crippen LogP contribution is -2.13. The molecular weight excluding hydrogens is 538 g/mol. The molecule has 3 nitrogen and oxygen atoms in total. The zero-order valence-corrected chi connectivity index (χ0v) is 24.3. The van der Waals surface area contributed by atoms with E-state index in [-0.39, 0.29) is 0 Å². The molecule has 0 amide bonds. The molecule has 3 heteroatoms. The highest BCUT2D eigenvalue weighted by atomic mass is 16.5. The molecular formula is C41H29NO2. The maximum atomic E-state index is 6.36. The minimum Gasteiger partial charge on any atom is -0.495 e. The summed E-state index contributed by atoms with van der Waals surface area (Å²) in [4.78, 5) is 2.33. The van der Waals surface area contributed by atoms with Crippen molar-refractivity contribution in [3.05, 3.63) is 158 Å². The van der Waals surface area contributed by atoms with Gasteiger partial charge in [-0.2, -0.15) is 0 Å². The second-order valence-electron chi connectivity index (χ2n) is 10.9. The summed E-state index contributed by atoms with van der Waals surface area (Å²) in [5.74, 6) is 0.785. The van der Waals surface area contributed by atoms with Crippen LogP contribution in [0.15, 0.2) is 162 Å². The van der Waals surface area contributed by atoms with Gasteiger partial charge in [-0.3, -0.25) is 0 Å². The summed E-state index contributed by atoms with van der Waals surface area (Å²) in [6, 6.07) is 55.3. The minimum absolute atomic E-state index is 0.785. The number of ether oxygens (including phenoxy) is 1. The zero-order chi connectivity index (χ0) is 29.5. The summed E-state index contributed by atoms with van der Waals surface area (Å²) in [5, 5.41) is 4.54. The number of furan rings is 1. The van der Waals surface area contributed by atoms with Crippen LogP contribution in [-0.2, 0) is 0 Å². The smallest absolute Gasteiger partial charge is 0.142 e. The summed E-state index contributed by atoms with van der Waals surface area (Å²) in [6.07, 6.45) is 0. The SMILES string of the molecule is COc1ccccc1N(c1ccc(-c2ccccc2)cc1-c1cccc2ccccc12)c1cccc2oc3ccccc3c12. The van der Waals surface area contributed by atoms with E-state index in [1.165, 1.54) is 21.9 Å². The summed E-state index contributed by atoms with van der Waals surface area (Å²) in [5.41, 5.74) is 9.34. The van der Waals surface area contributed by atoms with Crippen LogP contribution in [0.1, 0.15) is 0 Å². The predicted molar refractivity (Wildman–Crippen MR) is 183 cm³/mol. The van der Waals surface area contributed by atoms with E-state index in [0.29, 0.717) is 0 Å². The van der Waals surface area contributed by atoms with E-state index in [2.05, 4.69) is 132 Å². The number of hydrogen-bond donors (Lipinski definition) is 0. The predicted octanol–water partition coefficient (Wildman–Crippen LogP) is 11.6. The first-order chi connectivity index (χ1) is 21.8. The molecule has 0 unspecified atom stereocenters. The zero-order valence-electron chi connectivity index (χ0n) is 24.3. The molecule has 0 aliphatic carbocycles. The van der Waals surface area contributed by atoms with Crippen molar-refractivity contribution in [2.75, 3.05) is 12.0 Å². The Morgan fingerprint density at radius 2 is 1.16 bits per heavy atom. The van der Waals surface area contributed by atoms with Gasteiger partial charge in [-0.1, -0.05) is 115 Å². The number of nitrogens with zero attached hydrogens (tertiary/aromatic N) is 1. The van der Waals surface area contributed by atoms with Gasteiger partial charge in [0, 0.05) is 10.9 Å². The lowest BCUT2D eigenvalue weighted by molar-refractivity contribution is 0.416. The molecule has 0 spiro atoms. The molecule has 0 saturated carbocycles. The van der Waals surface area contributed by atoms with E-state index in [0.717, 1.165) is 55.9 Å². The third-order valence-electron chi connectivity index (χ3n) is 8.37. The van der Waals surface area contributed by atoms with Crippen molar-refractivity contribution in [1.82, 2.24) is 0 Å². The Balaban J connectivity index is 1.49. The first-order valence-electron chi connectivity index (χ1n) is 14.8. The van der Waals surface area contributed by atoms with Crippen LogP contribution >= 0.6 is 0 Å². The monoisotopic (exact) mass is 567 g/mol. The molecule has 7 aromatic carbocycles. The van der Waals surface area contributed by atoms with Gasteiger partial charge >= 0.3 is 0 Å². The number of anilines is 3. The van der Waals surface area contributed by atoms with Gasteiger partial charge in [-0.15, -0.1) is 0 Å². The molecule has 0 atom stereocenters. The molecule has 8 rings (SSSR count). The van der Waals surface area contributed by atoms with Crippen LogP contribution in [-0.4, -0.2) is 7.11 Å². The van der Waals surface area contributed by atoms with Crippen molar-refractivity contribution in [1.29, 1.82) is 0 Å². The molecule has 8 aromatic rings. The van der Waals surface area contributed by atoms with Crippen LogP contribution in [0.2, 0.25) is 0 Å². The maximum Gasteiger partial charge on any atom is 0.142 e. The molecule has 0 N–H and O–H groups in total. The Labute approximate surface area is 256 Å². The van der Waals surface area contributed by atoms with Gasteiger partial charge in [0.05, 0.1) is 29.6 Å². The number of methoxy groups -OCH3 is 1. The highest BCUT2D eigenvalue weighted by Crippen LogP contribution is 2.49. The standard InChI is InChI=1S/C41H29NO2/c1-43-39-23-10-8-20-36(39)42(37-21-12-24-40-41(37)33-18-7-9-22-38(33)44-40)35-26-25-30(28-13-3-2-4-14-28)27-34(35)32-19-11-16-29-15-5-6-17-31(29)32/h2-27H,1H3. The van der Waals surface area contributed by atoms with Crippen molar-refractivity contribution < 1.29 is 9.15 Å². The molecule has 44 heavy (non-hydrogen) atoms. The van der Waals surface area contributed by atoms with Crippen molar-refractivity contribution in [2.45, 2.75) is 0 Å². The first-order valence-corrected chi connectivity index (χ1v) is 14.8. The van der Waals surface area contributed by atoms with Gasteiger partial charge in [0.15, 0.2) is 0 Å². The number of hydrogen-bond acceptors (Lipinski definition) is 3. The molecule has 0 aliphatic rings. The average Bonchev–Trinajstić information content (AvgIpc) is 3.48. The lowest BCUT2D eigenvalue weighted by Gasteiger charge is -2.30. The molecule has 1 heterocycles. The van der Waals surface area contributed by atoms with Gasteiger partial charge in [-0.25, -0.2) is 0 Å². The van der Waals surface area contributed by atoms with Crippen LogP contribution in [0, 0.1) is 0 Å². The fourth-order valence-electron chi connectivity index (χ4n) is 6.36. The summed E-state index contributed by atoms with van der Waals surface area (Å²) < 4.78 is 12.4. The Morgan fingerprint density at radius 1 is 0.477 bits per heavy atom. The van der Waals surface area contributed by atoms with Crippen LogP contribution in [0.25, 0.3) is 55.0 Å². The van der Waals surface area contributed by atoms with Crippen molar-refractivity contribution >= 4 is 49.8 Å². The third-order valence-corrected chi connectivity index (χ3v) is 8.37. The quantitative estimate of drug-likeness (QED) is 0.200. The van der Waals surface area contributed by atoms with Gasteiger partial charge in [-0.05, 0) is 69.9 Å². The Hall–Kier alpha value is -5.80. The van der Waals surface area contributed by atoms with E-state index in [1.807, 2.05) is 30.3 Å². The second-order valence-corrected chi connectivity index (χ2v) is 10.9. The van der Waals surface area contributed by atoms with E-state index < -0.39 is 0 Å². The molecule has 1 aromatic heterocycles. The summed E-state index contributed by atoms with van der Waals surface area (Å²) in [6.45, 7) is 0. The number of benzene rings is 7. The normalized spacial score (nSPS) is 11.3. The summed E-state index contributed by atoms with van der Waals surface area (Å²) in [7, 11) is 1.73. The van der Waals surface area contributed by atoms with Gasteiger partial charge < -0.3 is 14.1 Å². The third kappa shape index (κ3) is 4.29. The average molecular weight is 568 g/mol. The van der Waals surface area contributed by atoms with Crippen LogP contribution in [0.3, 0.4) is 0 Å². The molecule has 0 bridgehead atoms. The molecule has 0 saturated heterocycles. The maximum absolute atomic E-state index is 6.36. The summed E-state index contributed by atoms with van der Waals surface area (Å²) >= 11 is 0. The van der Waals surface area contributed by atoms with Crippen molar-refractivity contribution in [2.24, 2.45) is 0 Å². The molecule has 0 radical (unpaired) electrons. The second kappa shape index (κ2) is 10.8. The first kappa shape index (κ1) is 25.9. The molecule has 0 aliphatic heterocycles. The highest BCUT2D eigenvalue weighted by Gasteiger charge is 2.25. The van der Waals surface area contributed by atoms with Crippen molar-refractivity contribution in [3.8, 4) is 28.0 Å². The van der Waals surface area contributed by atoms with Gasteiger partial charge in [0.25, 0.3) is 0 Å². The number of rotatable bonds is 6. The number of fused-ring (bicyclic) bond motifs is 4. The topological polar surface area (TPSA) is 25.6 Å². The molecule has 0 fully saturated rings. The van der Waals surface area contributed by atoms with E-state index in [9.17, 15) is 0 Å². The number of para-hydroxylation sites is 3.